The second-order valence-corrected chi connectivity index (χ2v) is 5.32. The van der Waals surface area contributed by atoms with E-state index >= 15 is 0 Å². The van der Waals surface area contributed by atoms with Crippen LogP contribution in [0.2, 0.25) is 0 Å². The van der Waals surface area contributed by atoms with Gasteiger partial charge in [0.2, 0.25) is 0 Å². The van der Waals surface area contributed by atoms with Gasteiger partial charge in [-0.25, -0.2) is 0 Å². The van der Waals surface area contributed by atoms with Crippen LogP contribution >= 0.6 is 0 Å². The lowest BCUT2D eigenvalue weighted by Gasteiger charge is -2.22. The minimum absolute atomic E-state index is 0.153. The van der Waals surface area contributed by atoms with Crippen LogP contribution in [0.5, 0.6) is 0 Å². The highest BCUT2D eigenvalue weighted by Gasteiger charge is 2.38. The van der Waals surface area contributed by atoms with E-state index in [9.17, 15) is 9.90 Å². The van der Waals surface area contributed by atoms with Crippen molar-refractivity contribution in [1.82, 2.24) is 4.57 Å². The van der Waals surface area contributed by atoms with Crippen molar-refractivity contribution < 1.29 is 5.11 Å². The van der Waals surface area contributed by atoms with Gasteiger partial charge in [0, 0.05) is 16.5 Å². The van der Waals surface area contributed by atoms with Gasteiger partial charge >= 0.3 is 0 Å². The smallest absolute Gasteiger partial charge is 0.261 e. The third-order valence-corrected chi connectivity index (χ3v) is 4.08. The molecule has 3 heteroatoms. The second kappa shape index (κ2) is 3.58. The Kier molecular flexibility index (Phi) is 2.05. The largest absolute Gasteiger partial charge is 0.367 e. The third-order valence-electron chi connectivity index (χ3n) is 4.08. The van der Waals surface area contributed by atoms with Crippen LogP contribution in [0.25, 0.3) is 22.0 Å². The Bertz CT molecular complexity index is 906. The first-order valence-electron chi connectivity index (χ1n) is 6.58. The van der Waals surface area contributed by atoms with Gasteiger partial charge in [0.15, 0.2) is 5.72 Å². The zero-order chi connectivity index (χ0) is 13.9. The van der Waals surface area contributed by atoms with Crippen LogP contribution < -0.4 is 5.56 Å². The molecule has 1 aliphatic rings. The molecule has 1 unspecified atom stereocenters. The third kappa shape index (κ3) is 1.25. The molecule has 4 rings (SSSR count). The molecule has 3 nitrogen and oxygen atoms in total. The molecule has 0 fully saturated rings. The van der Waals surface area contributed by atoms with Gasteiger partial charge in [-0.15, -0.1) is 0 Å². The molecule has 1 aromatic heterocycles. The van der Waals surface area contributed by atoms with Crippen LogP contribution in [0.4, 0.5) is 0 Å². The Labute approximate surface area is 115 Å². The average Bonchev–Trinajstić information content (AvgIpc) is 2.69. The fraction of sp³-hybridized carbons (Fsp3) is 0.118. The number of pyridine rings is 1. The van der Waals surface area contributed by atoms with Crippen molar-refractivity contribution in [2.75, 3.05) is 0 Å². The van der Waals surface area contributed by atoms with Crippen molar-refractivity contribution in [3.05, 3.63) is 70.5 Å². The van der Waals surface area contributed by atoms with Crippen molar-refractivity contribution in [1.29, 1.82) is 0 Å². The quantitative estimate of drug-likeness (QED) is 0.677. The Balaban J connectivity index is 2.24. The Morgan fingerprint density at radius 3 is 2.60 bits per heavy atom. The lowest BCUT2D eigenvalue weighted by Crippen LogP contribution is -2.36. The lowest BCUT2D eigenvalue weighted by atomic mass is 10.0. The zero-order valence-corrected chi connectivity index (χ0v) is 11.0. The van der Waals surface area contributed by atoms with E-state index in [1.807, 2.05) is 48.5 Å². The van der Waals surface area contributed by atoms with E-state index < -0.39 is 5.72 Å². The van der Waals surface area contributed by atoms with E-state index in [1.54, 1.807) is 13.0 Å². The number of rotatable bonds is 0. The SMILES string of the molecule is CC1(O)c2ccccc2-c2cc3ccccc3c(=O)n21. The summed E-state index contributed by atoms with van der Waals surface area (Å²) in [5.41, 5.74) is 1.01. The van der Waals surface area contributed by atoms with Crippen molar-refractivity contribution in [3.63, 3.8) is 0 Å². The summed E-state index contributed by atoms with van der Waals surface area (Å²) in [4.78, 5) is 12.7. The number of benzene rings is 2. The summed E-state index contributed by atoms with van der Waals surface area (Å²) < 4.78 is 1.49. The van der Waals surface area contributed by atoms with E-state index in [4.69, 9.17) is 0 Å². The highest BCUT2D eigenvalue weighted by atomic mass is 16.3. The van der Waals surface area contributed by atoms with Crippen LogP contribution in [-0.2, 0) is 5.72 Å². The predicted octanol–water partition coefficient (Wildman–Crippen LogP) is 2.70. The molecule has 1 aliphatic heterocycles. The molecule has 0 radical (unpaired) electrons. The summed E-state index contributed by atoms with van der Waals surface area (Å²) in [6.07, 6.45) is 0. The summed E-state index contributed by atoms with van der Waals surface area (Å²) >= 11 is 0. The van der Waals surface area contributed by atoms with Gasteiger partial charge in [-0.1, -0.05) is 42.5 Å². The molecule has 0 saturated heterocycles. The van der Waals surface area contributed by atoms with Gasteiger partial charge < -0.3 is 5.11 Å². The van der Waals surface area contributed by atoms with Gasteiger partial charge in [0.25, 0.3) is 5.56 Å². The van der Waals surface area contributed by atoms with E-state index in [1.165, 1.54) is 4.57 Å². The van der Waals surface area contributed by atoms with Crippen LogP contribution in [-0.4, -0.2) is 9.67 Å². The molecule has 2 aromatic carbocycles. The van der Waals surface area contributed by atoms with Gasteiger partial charge in [0.1, 0.15) is 0 Å². The molecule has 2 heterocycles. The fourth-order valence-electron chi connectivity index (χ4n) is 3.13. The fourth-order valence-corrected chi connectivity index (χ4v) is 3.13. The maximum absolute atomic E-state index is 12.7. The molecule has 20 heavy (non-hydrogen) atoms. The first kappa shape index (κ1) is 11.4. The molecule has 0 aliphatic carbocycles. The maximum Gasteiger partial charge on any atom is 0.261 e. The van der Waals surface area contributed by atoms with Crippen LogP contribution in [0.15, 0.2) is 59.4 Å². The number of aromatic nitrogens is 1. The second-order valence-electron chi connectivity index (χ2n) is 5.32. The van der Waals surface area contributed by atoms with E-state index in [-0.39, 0.29) is 5.56 Å². The van der Waals surface area contributed by atoms with E-state index in [0.717, 1.165) is 22.2 Å². The molecular weight excluding hydrogens is 250 g/mol. The number of aliphatic hydroxyl groups is 1. The summed E-state index contributed by atoms with van der Waals surface area (Å²) in [6.45, 7) is 1.67. The first-order valence-corrected chi connectivity index (χ1v) is 6.58. The minimum Gasteiger partial charge on any atom is -0.367 e. The minimum atomic E-state index is -1.30. The van der Waals surface area contributed by atoms with Gasteiger partial charge in [-0.3, -0.25) is 9.36 Å². The van der Waals surface area contributed by atoms with Gasteiger partial charge in [-0.05, 0) is 24.4 Å². The van der Waals surface area contributed by atoms with Crippen LogP contribution in [0.3, 0.4) is 0 Å². The lowest BCUT2D eigenvalue weighted by molar-refractivity contribution is 0.0308. The number of fused-ring (bicyclic) bond motifs is 4. The summed E-state index contributed by atoms with van der Waals surface area (Å²) in [7, 11) is 0. The highest BCUT2D eigenvalue weighted by Crippen LogP contribution is 2.41. The Morgan fingerprint density at radius 1 is 1.05 bits per heavy atom. The molecule has 1 atom stereocenters. The molecule has 0 amide bonds. The molecule has 3 aromatic rings. The zero-order valence-electron chi connectivity index (χ0n) is 11.0. The molecule has 1 N–H and O–H groups in total. The van der Waals surface area contributed by atoms with Crippen LogP contribution in [0.1, 0.15) is 12.5 Å². The maximum atomic E-state index is 12.7. The topological polar surface area (TPSA) is 42.2 Å². The highest BCUT2D eigenvalue weighted by molar-refractivity contribution is 5.87. The van der Waals surface area contributed by atoms with Gasteiger partial charge in [0.05, 0.1) is 5.69 Å². The summed E-state index contributed by atoms with van der Waals surface area (Å²) in [5.74, 6) is 0. The Hall–Kier alpha value is -2.39. The van der Waals surface area contributed by atoms with Crippen molar-refractivity contribution in [2.45, 2.75) is 12.6 Å². The monoisotopic (exact) mass is 263 g/mol. The van der Waals surface area contributed by atoms with Gasteiger partial charge in [-0.2, -0.15) is 0 Å². The van der Waals surface area contributed by atoms with E-state index in [0.29, 0.717) is 5.39 Å². The number of hydrogen-bond acceptors (Lipinski definition) is 2. The normalized spacial score (nSPS) is 19.9. The summed E-state index contributed by atoms with van der Waals surface area (Å²) in [5, 5.41) is 12.3. The molecule has 0 bridgehead atoms. The summed E-state index contributed by atoms with van der Waals surface area (Å²) in [6, 6.07) is 17.1. The predicted molar refractivity (Wildman–Crippen MR) is 78.6 cm³/mol. The van der Waals surface area contributed by atoms with Crippen LogP contribution in [0, 0.1) is 0 Å². The Morgan fingerprint density at radius 2 is 1.75 bits per heavy atom. The van der Waals surface area contributed by atoms with Crippen molar-refractivity contribution >= 4 is 10.8 Å². The number of nitrogens with zero attached hydrogens (tertiary/aromatic N) is 1. The number of hydrogen-bond donors (Lipinski definition) is 1. The molecule has 98 valence electrons. The molecule has 0 saturated carbocycles. The van der Waals surface area contributed by atoms with Crippen molar-refractivity contribution in [3.8, 4) is 11.3 Å². The van der Waals surface area contributed by atoms with Crippen molar-refractivity contribution in [2.24, 2.45) is 0 Å². The molecule has 0 spiro atoms. The standard InChI is InChI=1S/C17H13NO2/c1-17(20)14-9-5-4-8-13(14)15-10-11-6-2-3-7-12(11)16(19)18(15)17/h2-10,20H,1H3. The average molecular weight is 263 g/mol. The van der Waals surface area contributed by atoms with E-state index in [2.05, 4.69) is 0 Å². The first-order chi connectivity index (χ1) is 9.60. The molecular formula is C17H13NO2.